The minimum absolute atomic E-state index is 0.151. The van der Waals surface area contributed by atoms with Crippen LogP contribution in [-0.2, 0) is 0 Å². The Labute approximate surface area is 109 Å². The molecule has 96 valence electrons. The van der Waals surface area contributed by atoms with E-state index in [1.165, 1.54) is 5.56 Å². The van der Waals surface area contributed by atoms with Gasteiger partial charge in [0.15, 0.2) is 0 Å². The summed E-state index contributed by atoms with van der Waals surface area (Å²) in [6.07, 6.45) is 3.10. The molecule has 1 amide bonds. The molecule has 0 N–H and O–H groups in total. The summed E-state index contributed by atoms with van der Waals surface area (Å²) in [5.41, 5.74) is 1.98. The van der Waals surface area contributed by atoms with Crippen LogP contribution in [0.3, 0.4) is 0 Å². The van der Waals surface area contributed by atoms with Crippen LogP contribution in [0.4, 0.5) is 0 Å². The predicted octanol–water partition coefficient (Wildman–Crippen LogP) is 3.28. The van der Waals surface area contributed by atoms with Crippen LogP contribution < -0.4 is 0 Å². The van der Waals surface area contributed by atoms with Gasteiger partial charge in [0.25, 0.3) is 5.91 Å². The van der Waals surface area contributed by atoms with Crippen LogP contribution in [-0.4, -0.2) is 23.9 Å². The number of carbonyl (C=O) groups is 1. The second kappa shape index (κ2) is 5.38. The van der Waals surface area contributed by atoms with Crippen LogP contribution >= 0.6 is 0 Å². The normalized spacial score (nSPS) is 23.1. The molecular weight excluding hydrogens is 222 g/mol. The van der Waals surface area contributed by atoms with Crippen molar-refractivity contribution in [1.82, 2.24) is 4.90 Å². The second-order valence-corrected chi connectivity index (χ2v) is 5.14. The van der Waals surface area contributed by atoms with Crippen molar-refractivity contribution < 1.29 is 4.79 Å². The third-order valence-corrected chi connectivity index (χ3v) is 3.90. The third-order valence-electron chi connectivity index (χ3n) is 3.90. The van der Waals surface area contributed by atoms with Gasteiger partial charge in [-0.15, -0.1) is 6.58 Å². The van der Waals surface area contributed by atoms with Crippen molar-refractivity contribution in [2.45, 2.75) is 20.3 Å². The van der Waals surface area contributed by atoms with Gasteiger partial charge in [-0.1, -0.05) is 37.1 Å². The van der Waals surface area contributed by atoms with Crippen molar-refractivity contribution in [1.29, 1.82) is 0 Å². The maximum atomic E-state index is 12.4. The van der Waals surface area contributed by atoms with E-state index in [-0.39, 0.29) is 5.91 Å². The Hall–Kier alpha value is -1.57. The Kier molecular flexibility index (Phi) is 3.85. The molecule has 1 saturated heterocycles. The largest absolute Gasteiger partial charge is 0.338 e. The number of amides is 1. The van der Waals surface area contributed by atoms with Gasteiger partial charge >= 0.3 is 0 Å². The van der Waals surface area contributed by atoms with Crippen LogP contribution in [0.2, 0.25) is 0 Å². The Morgan fingerprint density at radius 3 is 2.56 bits per heavy atom. The Morgan fingerprint density at radius 1 is 1.39 bits per heavy atom. The fourth-order valence-electron chi connectivity index (χ4n) is 2.64. The lowest BCUT2D eigenvalue weighted by Gasteiger charge is -2.16. The number of rotatable bonds is 3. The number of likely N-dealkylation sites (tertiary alicyclic amines) is 1. The van der Waals surface area contributed by atoms with Crippen molar-refractivity contribution in [3.63, 3.8) is 0 Å². The average Bonchev–Trinajstić information content (AvgIpc) is 2.82. The molecular formula is C16H21NO. The van der Waals surface area contributed by atoms with Gasteiger partial charge in [-0.05, 0) is 30.9 Å². The zero-order chi connectivity index (χ0) is 13.1. The zero-order valence-electron chi connectivity index (χ0n) is 11.2. The lowest BCUT2D eigenvalue weighted by molar-refractivity contribution is 0.0785. The number of hydrogen-bond donors (Lipinski definition) is 0. The number of hydrogen-bond acceptors (Lipinski definition) is 1. The molecule has 2 nitrogen and oxygen atoms in total. The molecule has 1 heterocycles. The van der Waals surface area contributed by atoms with Crippen LogP contribution in [0.15, 0.2) is 36.9 Å². The van der Waals surface area contributed by atoms with Gasteiger partial charge in [-0.25, -0.2) is 0 Å². The number of carbonyl (C=O) groups excluding carboxylic acids is 1. The molecule has 1 aliphatic heterocycles. The van der Waals surface area contributed by atoms with Crippen LogP contribution in [0, 0.1) is 18.8 Å². The van der Waals surface area contributed by atoms with Crippen LogP contribution in [0.25, 0.3) is 0 Å². The summed E-state index contributed by atoms with van der Waals surface area (Å²) in [6, 6.07) is 7.82. The van der Waals surface area contributed by atoms with Crippen molar-refractivity contribution in [3.05, 3.63) is 48.0 Å². The third kappa shape index (κ3) is 2.47. The Bertz CT molecular complexity index is 435. The van der Waals surface area contributed by atoms with Gasteiger partial charge in [0.2, 0.25) is 0 Å². The van der Waals surface area contributed by atoms with E-state index in [0.29, 0.717) is 11.8 Å². The molecule has 0 aromatic heterocycles. The molecule has 0 saturated carbocycles. The lowest BCUT2D eigenvalue weighted by atomic mass is 9.94. The van der Waals surface area contributed by atoms with E-state index in [0.717, 1.165) is 25.1 Å². The van der Waals surface area contributed by atoms with E-state index in [1.54, 1.807) is 0 Å². The van der Waals surface area contributed by atoms with Crippen molar-refractivity contribution >= 4 is 5.91 Å². The predicted molar refractivity (Wildman–Crippen MR) is 74.6 cm³/mol. The molecule has 1 fully saturated rings. The number of nitrogens with zero attached hydrogens (tertiary/aromatic N) is 1. The van der Waals surface area contributed by atoms with Gasteiger partial charge < -0.3 is 4.90 Å². The first-order valence-electron chi connectivity index (χ1n) is 6.64. The first-order chi connectivity index (χ1) is 8.65. The molecule has 2 unspecified atom stereocenters. The molecule has 1 aliphatic rings. The Balaban J connectivity index is 2.11. The van der Waals surface area contributed by atoms with Gasteiger partial charge in [0.05, 0.1) is 0 Å². The fourth-order valence-corrected chi connectivity index (χ4v) is 2.64. The average molecular weight is 243 g/mol. The quantitative estimate of drug-likeness (QED) is 0.746. The highest BCUT2D eigenvalue weighted by molar-refractivity contribution is 5.94. The zero-order valence-corrected chi connectivity index (χ0v) is 11.2. The topological polar surface area (TPSA) is 20.3 Å². The van der Waals surface area contributed by atoms with E-state index in [4.69, 9.17) is 0 Å². The summed E-state index contributed by atoms with van der Waals surface area (Å²) < 4.78 is 0. The molecule has 0 aliphatic carbocycles. The lowest BCUT2D eigenvalue weighted by Crippen LogP contribution is -2.28. The summed E-state index contributed by atoms with van der Waals surface area (Å²) in [4.78, 5) is 14.3. The van der Waals surface area contributed by atoms with E-state index >= 15 is 0 Å². The molecule has 0 radical (unpaired) electrons. The van der Waals surface area contributed by atoms with E-state index in [1.807, 2.05) is 42.2 Å². The Morgan fingerprint density at radius 2 is 2.06 bits per heavy atom. The number of aryl methyl sites for hydroxylation is 1. The highest BCUT2D eigenvalue weighted by Crippen LogP contribution is 2.27. The summed E-state index contributed by atoms with van der Waals surface area (Å²) in [7, 11) is 0. The minimum atomic E-state index is 0.151. The van der Waals surface area contributed by atoms with E-state index in [2.05, 4.69) is 13.5 Å². The summed E-state index contributed by atoms with van der Waals surface area (Å²) in [5, 5.41) is 0. The maximum Gasteiger partial charge on any atom is 0.253 e. The van der Waals surface area contributed by atoms with E-state index in [9.17, 15) is 4.79 Å². The second-order valence-electron chi connectivity index (χ2n) is 5.14. The highest BCUT2D eigenvalue weighted by atomic mass is 16.2. The van der Waals surface area contributed by atoms with Gasteiger partial charge in [-0.2, -0.15) is 0 Å². The summed E-state index contributed by atoms with van der Waals surface area (Å²) in [6.45, 7) is 9.77. The van der Waals surface area contributed by atoms with E-state index < -0.39 is 0 Å². The standard InChI is InChI=1S/C16H21NO/c1-4-13-10-17(11-14(13)5-2)16(18)15-8-6-12(3)7-9-15/h4,6-9,13-14H,1,5,10-11H2,2-3H3. The van der Waals surface area contributed by atoms with Crippen molar-refractivity contribution in [2.24, 2.45) is 11.8 Å². The van der Waals surface area contributed by atoms with Crippen molar-refractivity contribution in [3.8, 4) is 0 Å². The van der Waals surface area contributed by atoms with Crippen LogP contribution in [0.5, 0.6) is 0 Å². The van der Waals surface area contributed by atoms with Crippen molar-refractivity contribution in [2.75, 3.05) is 13.1 Å². The molecule has 18 heavy (non-hydrogen) atoms. The first-order valence-corrected chi connectivity index (χ1v) is 6.64. The fraction of sp³-hybridized carbons (Fsp3) is 0.438. The maximum absolute atomic E-state index is 12.4. The van der Waals surface area contributed by atoms with Crippen LogP contribution in [0.1, 0.15) is 29.3 Å². The van der Waals surface area contributed by atoms with Gasteiger partial charge in [0.1, 0.15) is 0 Å². The monoisotopic (exact) mass is 243 g/mol. The summed E-state index contributed by atoms with van der Waals surface area (Å²) >= 11 is 0. The van der Waals surface area contributed by atoms with Gasteiger partial charge in [-0.3, -0.25) is 4.79 Å². The first kappa shape index (κ1) is 12.9. The highest BCUT2D eigenvalue weighted by Gasteiger charge is 2.32. The molecule has 2 atom stereocenters. The number of benzene rings is 1. The molecule has 2 heteroatoms. The molecule has 0 bridgehead atoms. The molecule has 2 rings (SSSR count). The molecule has 1 aromatic rings. The summed E-state index contributed by atoms with van der Waals surface area (Å²) in [5.74, 6) is 1.17. The smallest absolute Gasteiger partial charge is 0.253 e. The minimum Gasteiger partial charge on any atom is -0.338 e. The molecule has 1 aromatic carbocycles. The van der Waals surface area contributed by atoms with Gasteiger partial charge in [0, 0.05) is 18.7 Å². The SMILES string of the molecule is C=CC1CN(C(=O)c2ccc(C)cc2)CC1CC. The molecule has 0 spiro atoms.